The van der Waals surface area contributed by atoms with E-state index >= 15 is 0 Å². The summed E-state index contributed by atoms with van der Waals surface area (Å²) >= 11 is 6.19. The van der Waals surface area contributed by atoms with Crippen molar-refractivity contribution in [2.75, 3.05) is 31.6 Å². The van der Waals surface area contributed by atoms with Crippen LogP contribution in [-0.2, 0) is 26.2 Å². The predicted octanol–water partition coefficient (Wildman–Crippen LogP) is 4.11. The van der Waals surface area contributed by atoms with E-state index in [0.717, 1.165) is 4.31 Å². The number of rotatable bonds is 12. The van der Waals surface area contributed by atoms with Crippen molar-refractivity contribution in [1.29, 1.82) is 0 Å². The van der Waals surface area contributed by atoms with Crippen LogP contribution in [0.15, 0.2) is 77.7 Å². The van der Waals surface area contributed by atoms with Crippen LogP contribution in [0.1, 0.15) is 19.4 Å². The summed E-state index contributed by atoms with van der Waals surface area (Å²) in [4.78, 5) is 28.0. The van der Waals surface area contributed by atoms with E-state index in [-0.39, 0.29) is 23.0 Å². The van der Waals surface area contributed by atoms with Gasteiger partial charge in [-0.1, -0.05) is 29.8 Å². The van der Waals surface area contributed by atoms with Gasteiger partial charge in [-0.05, 0) is 74.0 Å². The highest BCUT2D eigenvalue weighted by Crippen LogP contribution is 2.28. The minimum atomic E-state index is -4.21. The molecule has 0 aliphatic heterocycles. The van der Waals surface area contributed by atoms with Gasteiger partial charge in [-0.15, -0.1) is 0 Å². The molecule has 0 fully saturated rings. The van der Waals surface area contributed by atoms with Gasteiger partial charge in [0.2, 0.25) is 11.8 Å². The number of anilines is 1. The Bertz CT molecular complexity index is 1400. The molecule has 3 aromatic carbocycles. The first-order valence-electron chi connectivity index (χ1n) is 12.2. The van der Waals surface area contributed by atoms with Crippen molar-refractivity contribution in [2.45, 2.75) is 31.3 Å². The fourth-order valence-electron chi connectivity index (χ4n) is 3.91. The van der Waals surface area contributed by atoms with Crippen LogP contribution >= 0.6 is 11.6 Å². The zero-order chi connectivity index (χ0) is 28.6. The molecule has 0 radical (unpaired) electrons. The molecule has 0 spiro atoms. The number of methoxy groups -OCH3 is 2. The highest BCUT2D eigenvalue weighted by atomic mass is 35.5. The van der Waals surface area contributed by atoms with Gasteiger partial charge in [0.15, 0.2) is 0 Å². The fourth-order valence-corrected chi connectivity index (χ4v) is 5.50. The Kier molecular flexibility index (Phi) is 10.2. The van der Waals surface area contributed by atoms with E-state index in [1.54, 1.807) is 56.3 Å². The summed E-state index contributed by atoms with van der Waals surface area (Å²) in [6.45, 7) is 3.25. The molecule has 3 aromatic rings. The number of nitrogens with zero attached hydrogens (tertiary/aromatic N) is 2. The molecule has 0 saturated heterocycles. The Balaban J connectivity index is 2.03. The molecule has 0 heterocycles. The number of hydrogen-bond acceptors (Lipinski definition) is 6. The van der Waals surface area contributed by atoms with Gasteiger partial charge >= 0.3 is 0 Å². The number of sulfonamides is 1. The van der Waals surface area contributed by atoms with Gasteiger partial charge in [-0.3, -0.25) is 13.9 Å². The molecule has 1 atom stereocenters. The number of hydrogen-bond donors (Lipinski definition) is 1. The number of carbonyl (C=O) groups is 2. The summed E-state index contributed by atoms with van der Waals surface area (Å²) in [5.74, 6) is 0.141. The van der Waals surface area contributed by atoms with Gasteiger partial charge in [0.1, 0.15) is 24.1 Å². The Morgan fingerprint density at radius 2 is 1.62 bits per heavy atom. The van der Waals surface area contributed by atoms with Crippen LogP contribution in [0.5, 0.6) is 11.5 Å². The zero-order valence-corrected chi connectivity index (χ0v) is 23.8. The van der Waals surface area contributed by atoms with Gasteiger partial charge in [0.05, 0.1) is 24.8 Å². The topological polar surface area (TPSA) is 105 Å². The van der Waals surface area contributed by atoms with Gasteiger partial charge in [0, 0.05) is 18.1 Å². The summed E-state index contributed by atoms with van der Waals surface area (Å²) in [6, 6.07) is 18.3. The number of halogens is 1. The lowest BCUT2D eigenvalue weighted by Crippen LogP contribution is -2.51. The first kappa shape index (κ1) is 29.8. The number of ether oxygens (including phenoxy) is 2. The maximum Gasteiger partial charge on any atom is 0.264 e. The van der Waals surface area contributed by atoms with E-state index in [1.165, 1.54) is 49.5 Å². The second kappa shape index (κ2) is 13.3. The molecule has 0 aliphatic carbocycles. The Hall–Kier alpha value is -3.76. The van der Waals surface area contributed by atoms with E-state index in [0.29, 0.717) is 28.6 Å². The number of likely N-dealkylation sites (N-methyl/N-ethyl adjacent to an activating group) is 1. The molecule has 0 aromatic heterocycles. The lowest BCUT2D eigenvalue weighted by atomic mass is 10.1. The largest absolute Gasteiger partial charge is 0.497 e. The number of carbonyl (C=O) groups excluding carboxylic acids is 2. The molecule has 0 bridgehead atoms. The van der Waals surface area contributed by atoms with E-state index in [1.807, 2.05) is 0 Å². The van der Waals surface area contributed by atoms with E-state index in [4.69, 9.17) is 21.1 Å². The number of nitrogens with one attached hydrogen (secondary N) is 1. The normalized spacial score (nSPS) is 11.8. The van der Waals surface area contributed by atoms with Crippen molar-refractivity contribution in [3.05, 3.63) is 83.4 Å². The van der Waals surface area contributed by atoms with Gasteiger partial charge < -0.3 is 19.7 Å². The van der Waals surface area contributed by atoms with Crippen LogP contribution < -0.4 is 19.1 Å². The SMILES string of the molecule is CCNC(=O)[C@@H](C)N(Cc1cccc(OC)c1)C(=O)CN(c1cccc(Cl)c1)S(=O)(=O)c1ccc(OC)cc1. The second-order valence-corrected chi connectivity index (χ2v) is 10.9. The highest BCUT2D eigenvalue weighted by molar-refractivity contribution is 7.92. The molecule has 1 N–H and O–H groups in total. The first-order valence-corrected chi connectivity index (χ1v) is 14.0. The highest BCUT2D eigenvalue weighted by Gasteiger charge is 2.32. The number of amides is 2. The van der Waals surface area contributed by atoms with Crippen molar-refractivity contribution >= 4 is 39.1 Å². The smallest absolute Gasteiger partial charge is 0.264 e. The second-order valence-electron chi connectivity index (χ2n) is 8.61. The molecule has 2 amide bonds. The lowest BCUT2D eigenvalue weighted by Gasteiger charge is -2.32. The molecule has 208 valence electrons. The minimum absolute atomic E-state index is 0.0350. The fraction of sp³-hybridized carbons (Fsp3) is 0.286. The third kappa shape index (κ3) is 7.42. The predicted molar refractivity (Wildman–Crippen MR) is 151 cm³/mol. The molecule has 3 rings (SSSR count). The first-order chi connectivity index (χ1) is 18.6. The summed E-state index contributed by atoms with van der Waals surface area (Å²) in [7, 11) is -1.20. The molecular weight excluding hydrogens is 542 g/mol. The molecule has 11 heteroatoms. The number of benzene rings is 3. The Morgan fingerprint density at radius 3 is 2.23 bits per heavy atom. The quantitative estimate of drug-likeness (QED) is 0.350. The molecule has 39 heavy (non-hydrogen) atoms. The maximum atomic E-state index is 13.9. The zero-order valence-electron chi connectivity index (χ0n) is 22.3. The lowest BCUT2D eigenvalue weighted by molar-refractivity contribution is -0.139. The van der Waals surface area contributed by atoms with Crippen LogP contribution in [0.4, 0.5) is 5.69 Å². The molecule has 9 nitrogen and oxygen atoms in total. The Labute approximate surface area is 234 Å². The van der Waals surface area contributed by atoms with Gasteiger partial charge in [0.25, 0.3) is 10.0 Å². The van der Waals surface area contributed by atoms with Crippen molar-refractivity contribution in [3.8, 4) is 11.5 Å². The molecule has 0 saturated carbocycles. The monoisotopic (exact) mass is 573 g/mol. The summed E-state index contributed by atoms with van der Waals surface area (Å²) in [6.07, 6.45) is 0. The van der Waals surface area contributed by atoms with Crippen LogP contribution in [0.2, 0.25) is 5.02 Å². The average molecular weight is 574 g/mol. The Morgan fingerprint density at radius 1 is 0.949 bits per heavy atom. The van der Waals surface area contributed by atoms with Crippen LogP contribution in [-0.4, -0.2) is 58.5 Å². The van der Waals surface area contributed by atoms with Gasteiger partial charge in [-0.25, -0.2) is 8.42 Å². The van der Waals surface area contributed by atoms with Crippen LogP contribution in [0, 0.1) is 0 Å². The third-order valence-electron chi connectivity index (χ3n) is 6.03. The van der Waals surface area contributed by atoms with E-state index in [2.05, 4.69) is 5.32 Å². The average Bonchev–Trinajstić information content (AvgIpc) is 2.94. The van der Waals surface area contributed by atoms with Crippen molar-refractivity contribution in [2.24, 2.45) is 0 Å². The van der Waals surface area contributed by atoms with E-state index in [9.17, 15) is 18.0 Å². The van der Waals surface area contributed by atoms with E-state index < -0.39 is 28.5 Å². The standard InChI is InChI=1S/C28H32ClN3O6S/c1-5-30-28(34)20(2)31(18-21-8-6-11-25(16-21)38-4)27(33)19-32(23-10-7-9-22(29)17-23)39(35,36)26-14-12-24(37-3)13-15-26/h6-17,20H,5,18-19H2,1-4H3,(H,30,34)/t20-/m1/s1. The van der Waals surface area contributed by atoms with Crippen LogP contribution in [0.25, 0.3) is 0 Å². The van der Waals surface area contributed by atoms with Crippen molar-refractivity contribution in [1.82, 2.24) is 10.2 Å². The summed E-state index contributed by atoms with van der Waals surface area (Å²) in [5, 5.41) is 3.03. The minimum Gasteiger partial charge on any atom is -0.497 e. The van der Waals surface area contributed by atoms with Gasteiger partial charge in [-0.2, -0.15) is 0 Å². The molecule has 0 unspecified atom stereocenters. The van der Waals surface area contributed by atoms with Crippen molar-refractivity contribution in [3.63, 3.8) is 0 Å². The third-order valence-corrected chi connectivity index (χ3v) is 8.05. The summed E-state index contributed by atoms with van der Waals surface area (Å²) in [5.41, 5.74) is 0.921. The molecular formula is C28H32ClN3O6S. The van der Waals surface area contributed by atoms with Crippen LogP contribution in [0.3, 0.4) is 0 Å². The van der Waals surface area contributed by atoms with Crippen molar-refractivity contribution < 1.29 is 27.5 Å². The molecule has 0 aliphatic rings. The summed E-state index contributed by atoms with van der Waals surface area (Å²) < 4.78 is 39.1. The maximum absolute atomic E-state index is 13.9.